The van der Waals surface area contributed by atoms with E-state index in [0.29, 0.717) is 5.56 Å². The van der Waals surface area contributed by atoms with Gasteiger partial charge in [-0.1, -0.05) is 6.07 Å². The monoisotopic (exact) mass is 309 g/mol. The number of carbonyl (C=O) groups is 1. The molecule has 1 aromatic heterocycles. The molecule has 5 nitrogen and oxygen atoms in total. The van der Waals surface area contributed by atoms with Crippen LogP contribution < -0.4 is 5.32 Å². The molecule has 0 saturated carbocycles. The Morgan fingerprint density at radius 2 is 2.05 bits per heavy atom. The van der Waals surface area contributed by atoms with E-state index in [4.69, 9.17) is 0 Å². The lowest BCUT2D eigenvalue weighted by atomic mass is 9.99. The molecule has 0 saturated heterocycles. The van der Waals surface area contributed by atoms with Gasteiger partial charge in [0.15, 0.2) is 0 Å². The van der Waals surface area contributed by atoms with E-state index in [-0.39, 0.29) is 12.1 Å². The summed E-state index contributed by atoms with van der Waals surface area (Å²) in [5.41, 5.74) is -1.08. The van der Waals surface area contributed by atoms with Crippen molar-refractivity contribution in [1.82, 2.24) is 15.1 Å². The summed E-state index contributed by atoms with van der Waals surface area (Å²) in [5, 5.41) is 16.7. The van der Waals surface area contributed by atoms with Gasteiger partial charge in [0.05, 0.1) is 19.2 Å². The van der Waals surface area contributed by atoms with E-state index in [1.807, 2.05) is 0 Å². The number of carbonyl (C=O) groups excluding carboxylic acids is 1. The summed E-state index contributed by atoms with van der Waals surface area (Å²) in [5.74, 6) is -2.11. The van der Waals surface area contributed by atoms with E-state index in [1.54, 1.807) is 13.2 Å². The van der Waals surface area contributed by atoms with Gasteiger partial charge in [0.2, 0.25) is 5.91 Å². The maximum atomic E-state index is 13.5. The molecular weight excluding hydrogens is 292 g/mol. The standard InChI is InChI=1S/C15H17F2N3O2/c1-15(22,10-7-19-20(2)8-10)9-18-14(21)6-11-12(16)4-3-5-13(11)17/h3-5,7-8,22H,6,9H2,1-2H3,(H,18,21). The number of hydrogen-bond donors (Lipinski definition) is 2. The number of aromatic nitrogens is 2. The summed E-state index contributed by atoms with van der Waals surface area (Å²) < 4.78 is 28.5. The van der Waals surface area contributed by atoms with Gasteiger partial charge in [0, 0.05) is 24.4 Å². The van der Waals surface area contributed by atoms with Crippen LogP contribution in [0.5, 0.6) is 0 Å². The third kappa shape index (κ3) is 3.67. The maximum absolute atomic E-state index is 13.5. The first kappa shape index (κ1) is 16.1. The second-order valence-corrected chi connectivity index (χ2v) is 5.33. The van der Waals surface area contributed by atoms with E-state index in [1.165, 1.54) is 23.9 Å². The predicted molar refractivity (Wildman–Crippen MR) is 75.9 cm³/mol. The van der Waals surface area contributed by atoms with Crippen molar-refractivity contribution in [2.24, 2.45) is 7.05 Å². The van der Waals surface area contributed by atoms with Crippen molar-refractivity contribution in [2.75, 3.05) is 6.54 Å². The highest BCUT2D eigenvalue weighted by atomic mass is 19.1. The zero-order valence-electron chi connectivity index (χ0n) is 12.3. The van der Waals surface area contributed by atoms with Crippen LogP contribution in [0.1, 0.15) is 18.1 Å². The van der Waals surface area contributed by atoms with Gasteiger partial charge in [0.1, 0.15) is 17.2 Å². The minimum absolute atomic E-state index is 0.0897. The quantitative estimate of drug-likeness (QED) is 0.874. The molecule has 2 N–H and O–H groups in total. The molecule has 1 unspecified atom stereocenters. The van der Waals surface area contributed by atoms with Crippen LogP contribution in [-0.4, -0.2) is 27.3 Å². The zero-order valence-corrected chi connectivity index (χ0v) is 12.3. The lowest BCUT2D eigenvalue weighted by Crippen LogP contribution is -2.39. The largest absolute Gasteiger partial charge is 0.383 e. The SMILES string of the molecule is Cn1cc(C(C)(O)CNC(=O)Cc2c(F)cccc2F)cn1. The maximum Gasteiger partial charge on any atom is 0.224 e. The Morgan fingerprint density at radius 1 is 1.41 bits per heavy atom. The minimum Gasteiger partial charge on any atom is -0.383 e. The Hall–Kier alpha value is -2.28. The molecule has 22 heavy (non-hydrogen) atoms. The first-order chi connectivity index (χ1) is 10.3. The average Bonchev–Trinajstić information content (AvgIpc) is 2.88. The molecule has 1 atom stereocenters. The number of nitrogens with one attached hydrogen (secondary N) is 1. The number of benzene rings is 1. The Bertz CT molecular complexity index is 663. The molecule has 0 radical (unpaired) electrons. The van der Waals surface area contributed by atoms with Crippen LogP contribution in [0, 0.1) is 11.6 Å². The Balaban J connectivity index is 1.98. The molecule has 0 aliphatic heterocycles. The summed E-state index contributed by atoms with van der Waals surface area (Å²) in [6.45, 7) is 1.43. The Morgan fingerprint density at radius 3 is 2.59 bits per heavy atom. The van der Waals surface area contributed by atoms with Crippen molar-refractivity contribution in [3.8, 4) is 0 Å². The van der Waals surface area contributed by atoms with Crippen molar-refractivity contribution in [1.29, 1.82) is 0 Å². The van der Waals surface area contributed by atoms with Gasteiger partial charge in [-0.05, 0) is 19.1 Å². The van der Waals surface area contributed by atoms with Crippen LogP contribution in [0.4, 0.5) is 8.78 Å². The second-order valence-electron chi connectivity index (χ2n) is 5.33. The second kappa shape index (κ2) is 6.23. The molecule has 0 spiro atoms. The Kier molecular flexibility index (Phi) is 4.56. The summed E-state index contributed by atoms with van der Waals surface area (Å²) in [4.78, 5) is 11.8. The van der Waals surface area contributed by atoms with Crippen molar-refractivity contribution in [3.05, 3.63) is 53.4 Å². The number of hydrogen-bond acceptors (Lipinski definition) is 3. The van der Waals surface area contributed by atoms with Gasteiger partial charge in [-0.15, -0.1) is 0 Å². The first-order valence-corrected chi connectivity index (χ1v) is 6.70. The van der Waals surface area contributed by atoms with Crippen molar-refractivity contribution in [3.63, 3.8) is 0 Å². The summed E-state index contributed by atoms with van der Waals surface area (Å²) >= 11 is 0. The zero-order chi connectivity index (χ0) is 16.3. The van der Waals surface area contributed by atoms with Crippen LogP contribution in [-0.2, 0) is 23.9 Å². The number of aryl methyl sites for hydroxylation is 1. The highest BCUT2D eigenvalue weighted by molar-refractivity contribution is 5.78. The number of rotatable bonds is 5. The van der Waals surface area contributed by atoms with Gasteiger partial charge in [-0.25, -0.2) is 8.78 Å². The average molecular weight is 309 g/mol. The van der Waals surface area contributed by atoms with Crippen molar-refractivity contribution in [2.45, 2.75) is 18.9 Å². The fraction of sp³-hybridized carbons (Fsp3) is 0.333. The molecule has 0 aliphatic rings. The van der Waals surface area contributed by atoms with Gasteiger partial charge in [0.25, 0.3) is 0 Å². The summed E-state index contributed by atoms with van der Waals surface area (Å²) in [7, 11) is 1.71. The van der Waals surface area contributed by atoms with Crippen molar-refractivity contribution < 1.29 is 18.7 Å². The number of aliphatic hydroxyl groups is 1. The van der Waals surface area contributed by atoms with Gasteiger partial charge >= 0.3 is 0 Å². The highest BCUT2D eigenvalue weighted by Gasteiger charge is 2.25. The molecule has 0 aliphatic carbocycles. The fourth-order valence-electron chi connectivity index (χ4n) is 2.00. The number of nitrogens with zero attached hydrogens (tertiary/aromatic N) is 2. The molecular formula is C15H17F2N3O2. The number of amides is 1. The summed E-state index contributed by atoms with van der Waals surface area (Å²) in [6.07, 6.45) is 2.69. The molecule has 1 amide bonds. The molecule has 0 bridgehead atoms. The van der Waals surface area contributed by atoms with Crippen molar-refractivity contribution >= 4 is 5.91 Å². The summed E-state index contributed by atoms with van der Waals surface area (Å²) in [6, 6.07) is 3.42. The van der Waals surface area contributed by atoms with Crippen LogP contribution >= 0.6 is 0 Å². The first-order valence-electron chi connectivity index (χ1n) is 6.70. The van der Waals surface area contributed by atoms with E-state index in [0.717, 1.165) is 12.1 Å². The molecule has 0 fully saturated rings. The highest BCUT2D eigenvalue weighted by Crippen LogP contribution is 2.18. The smallest absolute Gasteiger partial charge is 0.224 e. The van der Waals surface area contributed by atoms with Crippen LogP contribution in [0.2, 0.25) is 0 Å². The lowest BCUT2D eigenvalue weighted by molar-refractivity contribution is -0.121. The third-order valence-electron chi connectivity index (χ3n) is 3.36. The lowest BCUT2D eigenvalue weighted by Gasteiger charge is -2.22. The topological polar surface area (TPSA) is 67.2 Å². The molecule has 118 valence electrons. The van der Waals surface area contributed by atoms with Gasteiger partial charge in [-0.2, -0.15) is 5.10 Å². The van der Waals surface area contributed by atoms with E-state index >= 15 is 0 Å². The fourth-order valence-corrected chi connectivity index (χ4v) is 2.00. The molecule has 1 heterocycles. The Labute approximate surface area is 126 Å². The number of halogens is 2. The molecule has 1 aromatic carbocycles. The van der Waals surface area contributed by atoms with Crippen LogP contribution in [0.3, 0.4) is 0 Å². The molecule has 2 rings (SSSR count). The van der Waals surface area contributed by atoms with Crippen LogP contribution in [0.25, 0.3) is 0 Å². The normalized spacial score (nSPS) is 13.7. The van der Waals surface area contributed by atoms with Gasteiger partial charge in [-0.3, -0.25) is 9.48 Å². The third-order valence-corrected chi connectivity index (χ3v) is 3.36. The predicted octanol–water partition coefficient (Wildman–Crippen LogP) is 1.26. The van der Waals surface area contributed by atoms with E-state index < -0.39 is 29.6 Å². The minimum atomic E-state index is -1.32. The van der Waals surface area contributed by atoms with E-state index in [9.17, 15) is 18.7 Å². The van der Waals surface area contributed by atoms with Crippen LogP contribution in [0.15, 0.2) is 30.6 Å². The molecule has 7 heteroatoms. The van der Waals surface area contributed by atoms with E-state index in [2.05, 4.69) is 10.4 Å². The van der Waals surface area contributed by atoms with Gasteiger partial charge < -0.3 is 10.4 Å². The molecule has 2 aromatic rings.